The molecule has 28 heavy (non-hydrogen) atoms. The number of hydrogen-bond acceptors (Lipinski definition) is 6. The normalized spacial score (nSPS) is 14.4. The van der Waals surface area contributed by atoms with Crippen LogP contribution in [-0.4, -0.2) is 52.6 Å². The van der Waals surface area contributed by atoms with E-state index in [1.54, 1.807) is 36.4 Å². The molecule has 3 heterocycles. The Balaban J connectivity index is 1.45. The Morgan fingerprint density at radius 1 is 1.18 bits per heavy atom. The number of nitrogens with one attached hydrogen (secondary N) is 2. The molecule has 8 heteroatoms. The van der Waals surface area contributed by atoms with Gasteiger partial charge in [0.1, 0.15) is 5.82 Å². The Morgan fingerprint density at radius 3 is 2.64 bits per heavy atom. The molecular formula is C20H25N5O3. The zero-order valence-corrected chi connectivity index (χ0v) is 15.9. The van der Waals surface area contributed by atoms with Gasteiger partial charge in [-0.3, -0.25) is 9.78 Å². The summed E-state index contributed by atoms with van der Waals surface area (Å²) < 4.78 is 5.01. The van der Waals surface area contributed by atoms with Gasteiger partial charge in [-0.1, -0.05) is 6.07 Å². The van der Waals surface area contributed by atoms with Gasteiger partial charge >= 0.3 is 6.09 Å². The molecule has 1 aliphatic rings. The van der Waals surface area contributed by atoms with Crippen LogP contribution in [0.5, 0.6) is 0 Å². The van der Waals surface area contributed by atoms with E-state index in [0.29, 0.717) is 50.5 Å². The van der Waals surface area contributed by atoms with Gasteiger partial charge in [-0.05, 0) is 44.0 Å². The van der Waals surface area contributed by atoms with Crippen LogP contribution >= 0.6 is 0 Å². The van der Waals surface area contributed by atoms with Crippen LogP contribution in [0.15, 0.2) is 42.7 Å². The first-order valence-corrected chi connectivity index (χ1v) is 9.48. The first kappa shape index (κ1) is 19.6. The molecule has 2 N–H and O–H groups in total. The quantitative estimate of drug-likeness (QED) is 0.795. The molecule has 2 aromatic heterocycles. The molecule has 1 saturated heterocycles. The summed E-state index contributed by atoms with van der Waals surface area (Å²) in [6, 6.07) is 9.30. The molecule has 0 atom stereocenters. The monoisotopic (exact) mass is 383 g/mol. The van der Waals surface area contributed by atoms with E-state index in [4.69, 9.17) is 4.74 Å². The number of rotatable bonds is 6. The molecule has 0 spiro atoms. The third-order valence-corrected chi connectivity index (χ3v) is 4.56. The number of amides is 2. The minimum atomic E-state index is -0.287. The largest absolute Gasteiger partial charge is 0.450 e. The van der Waals surface area contributed by atoms with Crippen LogP contribution in [0.2, 0.25) is 0 Å². The van der Waals surface area contributed by atoms with Crippen molar-refractivity contribution in [1.29, 1.82) is 0 Å². The van der Waals surface area contributed by atoms with Gasteiger partial charge in [-0.15, -0.1) is 0 Å². The van der Waals surface area contributed by atoms with Gasteiger partial charge in [-0.25, -0.2) is 9.78 Å². The van der Waals surface area contributed by atoms with E-state index < -0.39 is 0 Å². The summed E-state index contributed by atoms with van der Waals surface area (Å²) >= 11 is 0. The number of hydrogen-bond donors (Lipinski definition) is 2. The predicted molar refractivity (Wildman–Crippen MR) is 105 cm³/mol. The molecule has 2 aromatic rings. The summed E-state index contributed by atoms with van der Waals surface area (Å²) in [5.74, 6) is 0.531. The van der Waals surface area contributed by atoms with Gasteiger partial charge in [0.15, 0.2) is 0 Å². The van der Waals surface area contributed by atoms with Crippen molar-refractivity contribution in [3.8, 4) is 0 Å². The van der Waals surface area contributed by atoms with Crippen molar-refractivity contribution >= 4 is 17.8 Å². The van der Waals surface area contributed by atoms with Crippen LogP contribution in [0.1, 0.15) is 35.8 Å². The lowest BCUT2D eigenvalue weighted by Gasteiger charge is -2.31. The molecule has 3 rings (SSSR count). The molecular weight excluding hydrogens is 358 g/mol. The second kappa shape index (κ2) is 9.68. The highest BCUT2D eigenvalue weighted by atomic mass is 16.6. The van der Waals surface area contributed by atoms with Crippen LogP contribution in [0.3, 0.4) is 0 Å². The number of aromatic nitrogens is 2. The lowest BCUT2D eigenvalue weighted by molar-refractivity contribution is 0.0860. The van der Waals surface area contributed by atoms with Gasteiger partial charge in [0.05, 0.1) is 24.4 Å². The van der Waals surface area contributed by atoms with Crippen LogP contribution in [0, 0.1) is 0 Å². The Morgan fingerprint density at radius 2 is 2.00 bits per heavy atom. The number of ether oxygens (including phenoxy) is 1. The topological polar surface area (TPSA) is 96.5 Å². The van der Waals surface area contributed by atoms with E-state index >= 15 is 0 Å². The Bertz CT molecular complexity index is 774. The van der Waals surface area contributed by atoms with Crippen molar-refractivity contribution in [3.05, 3.63) is 54.0 Å². The summed E-state index contributed by atoms with van der Waals surface area (Å²) in [5, 5.41) is 6.20. The van der Waals surface area contributed by atoms with Crippen molar-refractivity contribution in [2.75, 3.05) is 25.0 Å². The van der Waals surface area contributed by atoms with E-state index in [0.717, 1.165) is 5.69 Å². The second-order valence-electron chi connectivity index (χ2n) is 6.54. The molecule has 0 aromatic carbocycles. The van der Waals surface area contributed by atoms with Crippen LogP contribution in [0.25, 0.3) is 0 Å². The summed E-state index contributed by atoms with van der Waals surface area (Å²) in [4.78, 5) is 34.4. The molecule has 2 amide bonds. The summed E-state index contributed by atoms with van der Waals surface area (Å²) in [6.07, 6.45) is 4.44. The maximum atomic E-state index is 12.4. The lowest BCUT2D eigenvalue weighted by Crippen LogP contribution is -2.46. The van der Waals surface area contributed by atoms with Gasteiger partial charge in [0, 0.05) is 31.5 Å². The third kappa shape index (κ3) is 5.42. The van der Waals surface area contributed by atoms with Crippen LogP contribution < -0.4 is 10.6 Å². The molecule has 1 aliphatic heterocycles. The van der Waals surface area contributed by atoms with Gasteiger partial charge in [0.25, 0.3) is 5.91 Å². The SMILES string of the molecule is CCOC(=O)N1CCC(NC(=O)c2ccc(NCc3ccccn3)nc2)CC1. The predicted octanol–water partition coefficient (Wildman–Crippen LogP) is 2.44. The molecule has 0 radical (unpaired) electrons. The molecule has 0 bridgehead atoms. The standard InChI is InChI=1S/C20H25N5O3/c1-2-28-20(27)25-11-8-16(9-12-25)24-19(26)15-6-7-18(22-13-15)23-14-17-5-3-4-10-21-17/h3-7,10,13,16H,2,8-9,11-12,14H2,1H3,(H,22,23)(H,24,26). The van der Waals surface area contributed by atoms with Crippen molar-refractivity contribution in [1.82, 2.24) is 20.2 Å². The zero-order chi connectivity index (χ0) is 19.8. The fourth-order valence-electron chi connectivity index (χ4n) is 3.01. The summed E-state index contributed by atoms with van der Waals surface area (Å²) in [6.45, 7) is 3.89. The van der Waals surface area contributed by atoms with Crippen molar-refractivity contribution in [3.63, 3.8) is 0 Å². The molecule has 0 saturated carbocycles. The minimum absolute atomic E-state index is 0.0418. The van der Waals surface area contributed by atoms with E-state index in [9.17, 15) is 9.59 Å². The number of nitrogens with zero attached hydrogens (tertiary/aromatic N) is 3. The summed E-state index contributed by atoms with van der Waals surface area (Å²) in [5.41, 5.74) is 1.43. The third-order valence-electron chi connectivity index (χ3n) is 4.56. The zero-order valence-electron chi connectivity index (χ0n) is 15.9. The van der Waals surface area contributed by atoms with E-state index in [1.807, 2.05) is 18.2 Å². The van der Waals surface area contributed by atoms with E-state index in [1.165, 1.54) is 0 Å². The van der Waals surface area contributed by atoms with E-state index in [2.05, 4.69) is 20.6 Å². The van der Waals surface area contributed by atoms with Crippen molar-refractivity contribution in [2.24, 2.45) is 0 Å². The Kier molecular flexibility index (Phi) is 6.78. The lowest BCUT2D eigenvalue weighted by atomic mass is 10.0. The van der Waals surface area contributed by atoms with Gasteiger partial charge < -0.3 is 20.3 Å². The number of likely N-dealkylation sites (tertiary alicyclic amines) is 1. The highest BCUT2D eigenvalue weighted by Crippen LogP contribution is 2.13. The number of carbonyl (C=O) groups excluding carboxylic acids is 2. The maximum absolute atomic E-state index is 12.4. The number of piperidine rings is 1. The van der Waals surface area contributed by atoms with Crippen LogP contribution in [-0.2, 0) is 11.3 Å². The molecule has 0 unspecified atom stereocenters. The highest BCUT2D eigenvalue weighted by Gasteiger charge is 2.24. The molecule has 0 aliphatic carbocycles. The van der Waals surface area contributed by atoms with Crippen LogP contribution in [0.4, 0.5) is 10.6 Å². The molecule has 148 valence electrons. The fraction of sp³-hybridized carbons (Fsp3) is 0.400. The first-order valence-electron chi connectivity index (χ1n) is 9.48. The Hall–Kier alpha value is -3.16. The van der Waals surface area contributed by atoms with Crippen molar-refractivity contribution < 1.29 is 14.3 Å². The van der Waals surface area contributed by atoms with Crippen molar-refractivity contribution in [2.45, 2.75) is 32.4 Å². The smallest absolute Gasteiger partial charge is 0.409 e. The van der Waals surface area contributed by atoms with Gasteiger partial charge in [0.2, 0.25) is 0 Å². The highest BCUT2D eigenvalue weighted by molar-refractivity contribution is 5.94. The van der Waals surface area contributed by atoms with Gasteiger partial charge in [-0.2, -0.15) is 0 Å². The maximum Gasteiger partial charge on any atom is 0.409 e. The minimum Gasteiger partial charge on any atom is -0.450 e. The average Bonchev–Trinajstić information content (AvgIpc) is 2.74. The molecule has 8 nitrogen and oxygen atoms in total. The number of carbonyl (C=O) groups is 2. The van der Waals surface area contributed by atoms with E-state index in [-0.39, 0.29) is 18.0 Å². The number of anilines is 1. The average molecular weight is 383 g/mol. The molecule has 1 fully saturated rings. The second-order valence-corrected chi connectivity index (χ2v) is 6.54. The Labute approximate surface area is 164 Å². The number of pyridine rings is 2. The summed E-state index contributed by atoms with van der Waals surface area (Å²) in [7, 11) is 0. The fourth-order valence-corrected chi connectivity index (χ4v) is 3.01. The first-order chi connectivity index (χ1) is 13.7.